The SMILES string of the molecule is CC(=O)NCCC(NC(=O)OCc1ccccc1)C(=O)O. The van der Waals surface area contributed by atoms with Crippen molar-refractivity contribution in [3.05, 3.63) is 35.9 Å². The number of carboxylic acids is 1. The van der Waals surface area contributed by atoms with E-state index >= 15 is 0 Å². The van der Waals surface area contributed by atoms with Crippen LogP contribution in [0, 0.1) is 0 Å². The topological polar surface area (TPSA) is 105 Å². The molecule has 7 nitrogen and oxygen atoms in total. The van der Waals surface area contributed by atoms with Gasteiger partial charge in [-0.25, -0.2) is 9.59 Å². The zero-order valence-corrected chi connectivity index (χ0v) is 11.7. The molecular formula is C14H18N2O5. The Hall–Kier alpha value is -2.57. The lowest BCUT2D eigenvalue weighted by molar-refractivity contribution is -0.139. The van der Waals surface area contributed by atoms with Crippen LogP contribution in [0.4, 0.5) is 4.79 Å². The number of benzene rings is 1. The van der Waals surface area contributed by atoms with Gasteiger partial charge in [0.2, 0.25) is 5.91 Å². The van der Waals surface area contributed by atoms with Crippen LogP contribution < -0.4 is 10.6 Å². The molecule has 1 unspecified atom stereocenters. The smallest absolute Gasteiger partial charge is 0.408 e. The Morgan fingerprint density at radius 2 is 1.90 bits per heavy atom. The van der Waals surface area contributed by atoms with E-state index < -0.39 is 18.1 Å². The number of ether oxygens (including phenoxy) is 1. The van der Waals surface area contributed by atoms with Gasteiger partial charge in [-0.3, -0.25) is 4.79 Å². The van der Waals surface area contributed by atoms with Crippen molar-refractivity contribution in [2.75, 3.05) is 6.54 Å². The molecule has 1 aromatic rings. The van der Waals surface area contributed by atoms with Crippen LogP contribution in [0.1, 0.15) is 18.9 Å². The minimum absolute atomic E-state index is 0.0602. The molecule has 0 bridgehead atoms. The second-order valence-corrected chi connectivity index (χ2v) is 4.37. The molecule has 0 heterocycles. The Bertz CT molecular complexity index is 489. The van der Waals surface area contributed by atoms with Gasteiger partial charge >= 0.3 is 12.1 Å². The number of rotatable bonds is 7. The van der Waals surface area contributed by atoms with E-state index in [1.165, 1.54) is 6.92 Å². The molecule has 0 aliphatic heterocycles. The third kappa shape index (κ3) is 6.95. The molecule has 21 heavy (non-hydrogen) atoms. The number of amides is 2. The maximum atomic E-state index is 11.5. The first-order valence-corrected chi connectivity index (χ1v) is 6.43. The van der Waals surface area contributed by atoms with Crippen molar-refractivity contribution in [1.82, 2.24) is 10.6 Å². The van der Waals surface area contributed by atoms with Gasteiger partial charge in [-0.15, -0.1) is 0 Å². The molecule has 0 saturated heterocycles. The Morgan fingerprint density at radius 3 is 2.48 bits per heavy atom. The quantitative estimate of drug-likeness (QED) is 0.692. The second kappa shape index (κ2) is 8.57. The van der Waals surface area contributed by atoms with Gasteiger partial charge in [0.25, 0.3) is 0 Å². The fourth-order valence-electron chi connectivity index (χ4n) is 1.56. The monoisotopic (exact) mass is 294 g/mol. The first-order valence-electron chi connectivity index (χ1n) is 6.43. The van der Waals surface area contributed by atoms with E-state index in [-0.39, 0.29) is 25.5 Å². The second-order valence-electron chi connectivity index (χ2n) is 4.37. The molecular weight excluding hydrogens is 276 g/mol. The Balaban J connectivity index is 2.38. The maximum Gasteiger partial charge on any atom is 0.408 e. The third-order valence-corrected chi connectivity index (χ3v) is 2.61. The van der Waals surface area contributed by atoms with Gasteiger partial charge in [0.1, 0.15) is 12.6 Å². The summed E-state index contributed by atoms with van der Waals surface area (Å²) in [6, 6.07) is 7.93. The number of hydrogen-bond acceptors (Lipinski definition) is 4. The minimum Gasteiger partial charge on any atom is -0.480 e. The predicted molar refractivity (Wildman–Crippen MR) is 74.5 cm³/mol. The molecule has 7 heteroatoms. The molecule has 3 N–H and O–H groups in total. The number of nitrogens with one attached hydrogen (secondary N) is 2. The number of carboxylic acid groups (broad SMARTS) is 1. The molecule has 0 saturated carbocycles. The standard InChI is InChI=1S/C14H18N2O5/c1-10(17)15-8-7-12(13(18)19)16-14(20)21-9-11-5-3-2-4-6-11/h2-6,12H,7-9H2,1H3,(H,15,17)(H,16,20)(H,18,19). The Morgan fingerprint density at radius 1 is 1.24 bits per heavy atom. The summed E-state index contributed by atoms with van der Waals surface area (Å²) >= 11 is 0. The minimum atomic E-state index is -1.18. The summed E-state index contributed by atoms with van der Waals surface area (Å²) in [5.74, 6) is -1.44. The summed E-state index contributed by atoms with van der Waals surface area (Å²) in [5.41, 5.74) is 0.803. The summed E-state index contributed by atoms with van der Waals surface area (Å²) in [6.45, 7) is 1.55. The van der Waals surface area contributed by atoms with Crippen LogP contribution in [0.15, 0.2) is 30.3 Å². The van der Waals surface area contributed by atoms with Gasteiger partial charge in [0.15, 0.2) is 0 Å². The number of carbonyl (C=O) groups excluding carboxylic acids is 2. The average molecular weight is 294 g/mol. The molecule has 0 fully saturated rings. The fraction of sp³-hybridized carbons (Fsp3) is 0.357. The van der Waals surface area contributed by atoms with E-state index in [1.54, 1.807) is 12.1 Å². The zero-order valence-electron chi connectivity index (χ0n) is 11.7. The van der Waals surface area contributed by atoms with Gasteiger partial charge in [-0.2, -0.15) is 0 Å². The van der Waals surface area contributed by atoms with Gasteiger partial charge in [-0.05, 0) is 12.0 Å². The number of carbonyl (C=O) groups is 3. The van der Waals surface area contributed by atoms with Gasteiger partial charge in [0.05, 0.1) is 0 Å². The van der Waals surface area contributed by atoms with E-state index in [0.29, 0.717) is 0 Å². The first kappa shape index (κ1) is 16.5. The molecule has 2 amide bonds. The summed E-state index contributed by atoms with van der Waals surface area (Å²) < 4.78 is 4.94. The van der Waals surface area contributed by atoms with E-state index in [2.05, 4.69) is 10.6 Å². The van der Waals surface area contributed by atoms with Crippen molar-refractivity contribution in [1.29, 1.82) is 0 Å². The van der Waals surface area contributed by atoms with Crippen LogP contribution in [0.25, 0.3) is 0 Å². The molecule has 0 radical (unpaired) electrons. The van der Waals surface area contributed by atoms with Crippen LogP contribution in [0.3, 0.4) is 0 Å². The van der Waals surface area contributed by atoms with Gasteiger partial charge < -0.3 is 20.5 Å². The molecule has 0 aliphatic carbocycles. The highest BCUT2D eigenvalue weighted by atomic mass is 16.5. The van der Waals surface area contributed by atoms with Crippen molar-refractivity contribution in [3.63, 3.8) is 0 Å². The summed E-state index contributed by atoms with van der Waals surface area (Å²) in [7, 11) is 0. The van der Waals surface area contributed by atoms with Crippen LogP contribution >= 0.6 is 0 Å². The normalized spacial score (nSPS) is 11.3. The number of hydrogen-bond donors (Lipinski definition) is 3. The van der Waals surface area contributed by atoms with E-state index in [0.717, 1.165) is 5.56 Å². The molecule has 1 rings (SSSR count). The first-order chi connectivity index (χ1) is 9.99. The zero-order chi connectivity index (χ0) is 15.7. The summed E-state index contributed by atoms with van der Waals surface area (Å²) in [5, 5.41) is 13.7. The van der Waals surface area contributed by atoms with Crippen LogP contribution in [-0.4, -0.2) is 35.7 Å². The van der Waals surface area contributed by atoms with E-state index in [9.17, 15) is 14.4 Å². The molecule has 0 aromatic heterocycles. The predicted octanol–water partition coefficient (Wildman–Crippen LogP) is 0.892. The van der Waals surface area contributed by atoms with E-state index in [1.807, 2.05) is 18.2 Å². The molecule has 114 valence electrons. The summed E-state index contributed by atoms with van der Waals surface area (Å²) in [6.07, 6.45) is -0.732. The lowest BCUT2D eigenvalue weighted by Crippen LogP contribution is -2.43. The van der Waals surface area contributed by atoms with Crippen molar-refractivity contribution in [2.45, 2.75) is 26.0 Å². The Labute approximate surface area is 122 Å². The third-order valence-electron chi connectivity index (χ3n) is 2.61. The van der Waals surface area contributed by atoms with Gasteiger partial charge in [-0.1, -0.05) is 30.3 Å². The highest BCUT2D eigenvalue weighted by molar-refractivity contribution is 5.80. The average Bonchev–Trinajstić information content (AvgIpc) is 2.44. The largest absolute Gasteiger partial charge is 0.480 e. The highest BCUT2D eigenvalue weighted by Crippen LogP contribution is 2.01. The van der Waals surface area contributed by atoms with Crippen LogP contribution in [0.5, 0.6) is 0 Å². The molecule has 1 aromatic carbocycles. The Kier molecular flexibility index (Phi) is 6.73. The number of alkyl carbamates (subject to hydrolysis) is 1. The van der Waals surface area contributed by atoms with Crippen molar-refractivity contribution in [2.24, 2.45) is 0 Å². The fourth-order valence-corrected chi connectivity index (χ4v) is 1.56. The molecule has 1 atom stereocenters. The highest BCUT2D eigenvalue weighted by Gasteiger charge is 2.20. The molecule has 0 spiro atoms. The van der Waals surface area contributed by atoms with Crippen molar-refractivity contribution < 1.29 is 24.2 Å². The molecule has 0 aliphatic rings. The maximum absolute atomic E-state index is 11.5. The van der Waals surface area contributed by atoms with E-state index in [4.69, 9.17) is 9.84 Å². The van der Waals surface area contributed by atoms with Crippen LogP contribution in [-0.2, 0) is 20.9 Å². The summed E-state index contributed by atoms with van der Waals surface area (Å²) in [4.78, 5) is 33.3. The van der Waals surface area contributed by atoms with Crippen LogP contribution in [0.2, 0.25) is 0 Å². The van der Waals surface area contributed by atoms with Crippen molar-refractivity contribution in [3.8, 4) is 0 Å². The van der Waals surface area contributed by atoms with Gasteiger partial charge in [0, 0.05) is 13.5 Å². The number of aliphatic carboxylic acids is 1. The van der Waals surface area contributed by atoms with Crippen molar-refractivity contribution >= 4 is 18.0 Å². The lowest BCUT2D eigenvalue weighted by atomic mass is 10.2. The lowest BCUT2D eigenvalue weighted by Gasteiger charge is -2.14.